The number of fused-ring (bicyclic) bond motifs is 1. The molecule has 1 saturated heterocycles. The number of anilines is 1. The van der Waals surface area contributed by atoms with Gasteiger partial charge >= 0.3 is 0 Å². The van der Waals surface area contributed by atoms with E-state index >= 15 is 0 Å². The van der Waals surface area contributed by atoms with Crippen LogP contribution in [0.2, 0.25) is 0 Å². The van der Waals surface area contributed by atoms with E-state index < -0.39 is 9.84 Å². The van der Waals surface area contributed by atoms with Crippen molar-refractivity contribution in [3.05, 3.63) is 71.8 Å². The molecule has 1 aliphatic heterocycles. The maximum Gasteiger partial charge on any atom is 0.150 e. The van der Waals surface area contributed by atoms with Gasteiger partial charge in [0.1, 0.15) is 27.1 Å². The second kappa shape index (κ2) is 11.6. The van der Waals surface area contributed by atoms with Gasteiger partial charge in [-0.3, -0.25) is 4.57 Å². The minimum Gasteiger partial charge on any atom is -0.386 e. The van der Waals surface area contributed by atoms with Gasteiger partial charge in [0.2, 0.25) is 0 Å². The standard InChI is InChI=1S/C30H37FN6O2S/c1-32-28-10-8-21(18-26(28)31)27-11-9-25-22(12-15-36(4)24-13-16-40(38,39)17-14-24)19-37(30(25)34-27)29-7-5-6-23(33-29)20-35(2)3/h5-11,18-19,24,32H,12-17,20H2,1-4H3. The van der Waals surface area contributed by atoms with Crippen molar-refractivity contribution < 1.29 is 12.8 Å². The Labute approximate surface area is 235 Å². The van der Waals surface area contributed by atoms with Crippen LogP contribution in [-0.4, -0.2) is 85.0 Å². The number of nitrogens with one attached hydrogen (secondary N) is 1. The molecule has 10 heteroatoms. The Morgan fingerprint density at radius 2 is 1.82 bits per heavy atom. The fourth-order valence-electron chi connectivity index (χ4n) is 5.39. The molecule has 1 aliphatic rings. The van der Waals surface area contributed by atoms with Crippen LogP contribution in [0.3, 0.4) is 0 Å². The van der Waals surface area contributed by atoms with Crippen molar-refractivity contribution in [2.24, 2.45) is 0 Å². The number of halogens is 1. The van der Waals surface area contributed by atoms with Gasteiger partial charge in [-0.05, 0) is 82.4 Å². The molecule has 1 N–H and O–H groups in total. The van der Waals surface area contributed by atoms with Gasteiger partial charge in [0.05, 0.1) is 28.6 Å². The largest absolute Gasteiger partial charge is 0.386 e. The first-order valence-electron chi connectivity index (χ1n) is 13.6. The zero-order valence-electron chi connectivity index (χ0n) is 23.6. The topological polar surface area (TPSA) is 83.4 Å². The molecule has 0 radical (unpaired) electrons. The molecule has 1 fully saturated rings. The first kappa shape index (κ1) is 28.2. The summed E-state index contributed by atoms with van der Waals surface area (Å²) < 4.78 is 40.4. The second-order valence-electron chi connectivity index (χ2n) is 10.9. The minimum atomic E-state index is -2.89. The predicted molar refractivity (Wildman–Crippen MR) is 159 cm³/mol. The maximum atomic E-state index is 14.6. The lowest BCUT2D eigenvalue weighted by molar-refractivity contribution is 0.229. The van der Waals surface area contributed by atoms with Gasteiger partial charge in [-0.15, -0.1) is 0 Å². The first-order valence-corrected chi connectivity index (χ1v) is 15.5. The van der Waals surface area contributed by atoms with Crippen molar-refractivity contribution >= 4 is 26.6 Å². The van der Waals surface area contributed by atoms with Gasteiger partial charge in [-0.2, -0.15) is 0 Å². The Morgan fingerprint density at radius 3 is 2.52 bits per heavy atom. The van der Waals surface area contributed by atoms with Crippen LogP contribution >= 0.6 is 0 Å². The zero-order chi connectivity index (χ0) is 28.4. The number of aromatic nitrogens is 3. The molecular weight excluding hydrogens is 527 g/mol. The van der Waals surface area contributed by atoms with Gasteiger partial charge < -0.3 is 15.1 Å². The third-order valence-corrected chi connectivity index (χ3v) is 9.38. The number of sulfone groups is 1. The summed E-state index contributed by atoms with van der Waals surface area (Å²) in [5.41, 5.74) is 4.70. The summed E-state index contributed by atoms with van der Waals surface area (Å²) >= 11 is 0. The number of benzene rings is 1. The first-order chi connectivity index (χ1) is 19.1. The number of likely N-dealkylation sites (N-methyl/N-ethyl adjacent to an activating group) is 1. The van der Waals surface area contributed by atoms with Crippen LogP contribution < -0.4 is 5.32 Å². The molecule has 4 aromatic rings. The average molecular weight is 565 g/mol. The summed E-state index contributed by atoms with van der Waals surface area (Å²) in [6.07, 6.45) is 4.24. The molecule has 5 rings (SSSR count). The second-order valence-corrected chi connectivity index (χ2v) is 13.2. The van der Waals surface area contributed by atoms with Crippen molar-refractivity contribution in [1.29, 1.82) is 0 Å². The molecule has 0 unspecified atom stereocenters. The monoisotopic (exact) mass is 564 g/mol. The number of nitrogens with zero attached hydrogens (tertiary/aromatic N) is 5. The molecule has 0 spiro atoms. The summed E-state index contributed by atoms with van der Waals surface area (Å²) in [6, 6.07) is 15.4. The number of hydrogen-bond donors (Lipinski definition) is 1. The van der Waals surface area contributed by atoms with Crippen LogP contribution in [0.15, 0.2) is 54.7 Å². The number of hydrogen-bond acceptors (Lipinski definition) is 7. The highest BCUT2D eigenvalue weighted by Gasteiger charge is 2.26. The predicted octanol–water partition coefficient (Wildman–Crippen LogP) is 4.38. The van der Waals surface area contributed by atoms with Crippen LogP contribution in [-0.2, 0) is 22.8 Å². The van der Waals surface area contributed by atoms with Crippen LogP contribution in [0.25, 0.3) is 28.1 Å². The van der Waals surface area contributed by atoms with Crippen molar-refractivity contribution in [3.63, 3.8) is 0 Å². The summed E-state index contributed by atoms with van der Waals surface area (Å²) in [7, 11) is 4.91. The van der Waals surface area contributed by atoms with Gasteiger partial charge in [-0.1, -0.05) is 12.1 Å². The number of rotatable bonds is 9. The van der Waals surface area contributed by atoms with Gasteiger partial charge in [0, 0.05) is 43.3 Å². The third-order valence-electron chi connectivity index (χ3n) is 7.67. The summed E-state index contributed by atoms with van der Waals surface area (Å²) in [4.78, 5) is 14.3. The fraction of sp³-hybridized carbons (Fsp3) is 0.400. The molecule has 40 heavy (non-hydrogen) atoms. The quantitative estimate of drug-likeness (QED) is 0.323. The maximum absolute atomic E-state index is 14.6. The van der Waals surface area contributed by atoms with Crippen molar-refractivity contribution in [3.8, 4) is 17.1 Å². The van der Waals surface area contributed by atoms with Crippen molar-refractivity contribution in [2.45, 2.75) is 31.8 Å². The Hall–Kier alpha value is -3.34. The summed E-state index contributed by atoms with van der Waals surface area (Å²) in [5.74, 6) is 0.981. The lowest BCUT2D eigenvalue weighted by Crippen LogP contribution is -2.39. The van der Waals surface area contributed by atoms with Crippen LogP contribution in [0, 0.1) is 5.82 Å². The Balaban J connectivity index is 1.50. The Morgan fingerprint density at radius 1 is 1.05 bits per heavy atom. The zero-order valence-corrected chi connectivity index (χ0v) is 24.4. The van der Waals surface area contributed by atoms with E-state index in [2.05, 4.69) is 34.4 Å². The molecule has 1 aromatic carbocycles. The van der Waals surface area contributed by atoms with E-state index in [-0.39, 0.29) is 23.4 Å². The van der Waals surface area contributed by atoms with Crippen molar-refractivity contribution in [2.75, 3.05) is 51.6 Å². The van der Waals surface area contributed by atoms with E-state index in [0.717, 1.165) is 47.6 Å². The molecule has 0 bridgehead atoms. The average Bonchev–Trinajstić information content (AvgIpc) is 3.29. The van der Waals surface area contributed by atoms with E-state index in [9.17, 15) is 12.8 Å². The third kappa shape index (κ3) is 6.19. The molecule has 0 amide bonds. The molecule has 212 valence electrons. The Kier molecular flexibility index (Phi) is 8.21. The van der Waals surface area contributed by atoms with Crippen LogP contribution in [0.1, 0.15) is 24.1 Å². The summed E-state index contributed by atoms with van der Waals surface area (Å²) in [5, 5.41) is 3.89. The van der Waals surface area contributed by atoms with E-state index in [0.29, 0.717) is 29.8 Å². The van der Waals surface area contributed by atoms with E-state index in [1.54, 1.807) is 13.1 Å². The number of pyridine rings is 2. The smallest absolute Gasteiger partial charge is 0.150 e. The molecule has 0 saturated carbocycles. The van der Waals surface area contributed by atoms with Crippen LogP contribution in [0.5, 0.6) is 0 Å². The lowest BCUT2D eigenvalue weighted by Gasteiger charge is -2.31. The molecule has 3 aromatic heterocycles. The highest BCUT2D eigenvalue weighted by Crippen LogP contribution is 2.29. The van der Waals surface area contributed by atoms with E-state index in [1.807, 2.05) is 49.0 Å². The van der Waals surface area contributed by atoms with Crippen molar-refractivity contribution in [1.82, 2.24) is 24.3 Å². The van der Waals surface area contributed by atoms with E-state index in [1.165, 1.54) is 6.07 Å². The minimum absolute atomic E-state index is 0.263. The van der Waals surface area contributed by atoms with Gasteiger partial charge in [-0.25, -0.2) is 22.8 Å². The summed E-state index contributed by atoms with van der Waals surface area (Å²) in [6.45, 7) is 1.52. The van der Waals surface area contributed by atoms with E-state index in [4.69, 9.17) is 9.97 Å². The normalized spacial score (nSPS) is 15.8. The molecule has 0 aliphatic carbocycles. The molecule has 4 heterocycles. The highest BCUT2D eigenvalue weighted by molar-refractivity contribution is 7.91. The van der Waals surface area contributed by atoms with Gasteiger partial charge in [0.25, 0.3) is 0 Å². The SMILES string of the molecule is CNc1ccc(-c2ccc3c(CCN(C)C4CCS(=O)(=O)CC4)cn(-c4cccc(CN(C)C)n4)c3n2)cc1F. The molecular formula is C30H37FN6O2S. The van der Waals surface area contributed by atoms with Crippen LogP contribution in [0.4, 0.5) is 10.1 Å². The van der Waals surface area contributed by atoms with Gasteiger partial charge in [0.15, 0.2) is 0 Å². The Bertz CT molecular complexity index is 1600. The molecule has 8 nitrogen and oxygen atoms in total. The molecule has 0 atom stereocenters. The fourth-order valence-corrected chi connectivity index (χ4v) is 6.86. The highest BCUT2D eigenvalue weighted by atomic mass is 32.2. The lowest BCUT2D eigenvalue weighted by atomic mass is 10.1.